The van der Waals surface area contributed by atoms with Crippen molar-refractivity contribution in [2.45, 2.75) is 39.2 Å². The summed E-state index contributed by atoms with van der Waals surface area (Å²) in [7, 11) is 0. The second-order valence-corrected chi connectivity index (χ2v) is 5.73. The van der Waals surface area contributed by atoms with Gasteiger partial charge in [0.15, 0.2) is 0 Å². The van der Waals surface area contributed by atoms with Crippen LogP contribution in [0.1, 0.15) is 33.1 Å². The molecule has 0 radical (unpaired) electrons. The van der Waals surface area contributed by atoms with E-state index in [2.05, 4.69) is 4.90 Å². The third kappa shape index (κ3) is 4.92. The molecule has 1 saturated heterocycles. The van der Waals surface area contributed by atoms with Crippen LogP contribution in [0.5, 0.6) is 0 Å². The fraction of sp³-hybridized carbons (Fsp3) is 0.923. The van der Waals surface area contributed by atoms with Crippen LogP contribution in [0.3, 0.4) is 0 Å². The summed E-state index contributed by atoms with van der Waals surface area (Å²) in [6, 6.07) is 0. The zero-order valence-corrected chi connectivity index (χ0v) is 11.6. The van der Waals surface area contributed by atoms with Gasteiger partial charge in [-0.15, -0.1) is 0 Å². The Hall–Kier alpha value is -0.650. The lowest BCUT2D eigenvalue weighted by molar-refractivity contribution is -0.0529. The van der Waals surface area contributed by atoms with E-state index >= 15 is 0 Å². The number of nitrogens with two attached hydrogens (primary N) is 1. The predicted octanol–water partition coefficient (Wildman–Crippen LogP) is 0.812. The minimum Gasteiger partial charge on any atom is -0.394 e. The van der Waals surface area contributed by atoms with Crippen LogP contribution in [0.2, 0.25) is 0 Å². The van der Waals surface area contributed by atoms with Gasteiger partial charge in [0.05, 0.1) is 25.2 Å². The van der Waals surface area contributed by atoms with E-state index in [9.17, 15) is 0 Å². The number of amidine groups is 1. The Morgan fingerprint density at radius 2 is 2.22 bits per heavy atom. The lowest BCUT2D eigenvalue weighted by Crippen LogP contribution is -2.44. The van der Waals surface area contributed by atoms with Gasteiger partial charge in [0.2, 0.25) is 0 Å². The number of ether oxygens (including phenoxy) is 1. The maximum Gasteiger partial charge on any atom is 0.0963 e. The summed E-state index contributed by atoms with van der Waals surface area (Å²) < 4.78 is 5.41. The number of rotatable bonds is 7. The van der Waals surface area contributed by atoms with Crippen molar-refractivity contribution in [3.05, 3.63) is 0 Å². The quantitative estimate of drug-likeness (QED) is 0.358. The van der Waals surface area contributed by atoms with Crippen LogP contribution in [0, 0.1) is 10.8 Å². The molecule has 0 bridgehead atoms. The zero-order valence-electron chi connectivity index (χ0n) is 11.6. The van der Waals surface area contributed by atoms with Crippen molar-refractivity contribution in [1.29, 1.82) is 5.41 Å². The number of unbranched alkanes of at least 4 members (excludes halogenated alkanes) is 1. The number of hydrogen-bond acceptors (Lipinski definition) is 4. The Balaban J connectivity index is 2.16. The molecule has 1 heterocycles. The molecule has 0 spiro atoms. The first kappa shape index (κ1) is 15.4. The van der Waals surface area contributed by atoms with Crippen molar-refractivity contribution in [2.75, 3.05) is 32.8 Å². The molecular weight excluding hydrogens is 230 g/mol. The van der Waals surface area contributed by atoms with E-state index in [-0.39, 0.29) is 24.0 Å². The number of nitrogens with one attached hydrogen (secondary N) is 1. The van der Waals surface area contributed by atoms with Gasteiger partial charge in [0.25, 0.3) is 0 Å². The molecule has 0 aromatic heterocycles. The Bertz CT molecular complexity index is 269. The molecule has 0 amide bonds. The highest BCUT2D eigenvalue weighted by molar-refractivity contribution is 5.82. The molecule has 1 fully saturated rings. The van der Waals surface area contributed by atoms with Crippen LogP contribution < -0.4 is 5.73 Å². The van der Waals surface area contributed by atoms with Crippen LogP contribution in [-0.2, 0) is 4.74 Å². The van der Waals surface area contributed by atoms with Gasteiger partial charge in [0.1, 0.15) is 0 Å². The van der Waals surface area contributed by atoms with Crippen molar-refractivity contribution < 1.29 is 9.84 Å². The summed E-state index contributed by atoms with van der Waals surface area (Å²) in [6.45, 7) is 7.67. The molecule has 1 aliphatic rings. The van der Waals surface area contributed by atoms with Gasteiger partial charge in [-0.1, -0.05) is 20.3 Å². The fourth-order valence-electron chi connectivity index (χ4n) is 2.13. The van der Waals surface area contributed by atoms with Gasteiger partial charge in [-0.25, -0.2) is 0 Å². The Morgan fingerprint density at radius 1 is 1.50 bits per heavy atom. The van der Waals surface area contributed by atoms with Gasteiger partial charge >= 0.3 is 0 Å². The number of aliphatic hydroxyl groups excluding tert-OH is 1. The van der Waals surface area contributed by atoms with E-state index in [1.54, 1.807) is 0 Å². The minimum atomic E-state index is -0.182. The van der Waals surface area contributed by atoms with Gasteiger partial charge in [-0.05, 0) is 19.4 Å². The summed E-state index contributed by atoms with van der Waals surface area (Å²) in [5, 5.41) is 16.6. The van der Waals surface area contributed by atoms with Gasteiger partial charge in [0, 0.05) is 18.5 Å². The van der Waals surface area contributed by atoms with Crippen LogP contribution in [0.15, 0.2) is 0 Å². The highest BCUT2D eigenvalue weighted by Crippen LogP contribution is 2.22. The molecule has 0 aromatic rings. The molecule has 1 atom stereocenters. The number of hydrogen-bond donors (Lipinski definition) is 3. The van der Waals surface area contributed by atoms with E-state index in [0.717, 1.165) is 38.9 Å². The van der Waals surface area contributed by atoms with Crippen molar-refractivity contribution >= 4 is 5.84 Å². The van der Waals surface area contributed by atoms with E-state index in [0.29, 0.717) is 6.61 Å². The lowest BCUT2D eigenvalue weighted by atomic mass is 9.86. The smallest absolute Gasteiger partial charge is 0.0963 e. The topological polar surface area (TPSA) is 82.6 Å². The zero-order chi connectivity index (χ0) is 13.6. The number of aliphatic hydroxyl groups is 1. The maximum atomic E-state index is 9.06. The van der Waals surface area contributed by atoms with Crippen LogP contribution in [0.25, 0.3) is 0 Å². The lowest BCUT2D eigenvalue weighted by Gasteiger charge is -2.32. The normalized spacial score (nSPS) is 22.1. The standard InChI is InChI=1S/C13H27N3O2/c1-13(2,12(14)15)5-3-4-6-16-7-8-18-11(9-16)10-17/h11,17H,3-10H2,1-2H3,(H3,14,15). The highest BCUT2D eigenvalue weighted by atomic mass is 16.5. The molecule has 106 valence electrons. The number of nitrogens with zero attached hydrogens (tertiary/aromatic N) is 1. The molecule has 0 aliphatic carbocycles. The van der Waals surface area contributed by atoms with E-state index < -0.39 is 0 Å². The molecule has 1 aliphatic heterocycles. The predicted molar refractivity (Wildman–Crippen MR) is 72.8 cm³/mol. The largest absolute Gasteiger partial charge is 0.394 e. The average molecular weight is 257 g/mol. The van der Waals surface area contributed by atoms with Gasteiger partial charge in [-0.2, -0.15) is 0 Å². The van der Waals surface area contributed by atoms with E-state index in [1.165, 1.54) is 0 Å². The molecule has 1 rings (SSSR count). The molecule has 0 saturated carbocycles. The van der Waals surface area contributed by atoms with Crippen molar-refractivity contribution in [2.24, 2.45) is 11.1 Å². The average Bonchev–Trinajstić information content (AvgIpc) is 2.35. The van der Waals surface area contributed by atoms with E-state index in [1.807, 2.05) is 13.8 Å². The Labute approximate surface area is 110 Å². The molecule has 0 aromatic carbocycles. The van der Waals surface area contributed by atoms with Gasteiger partial charge in [-0.3, -0.25) is 10.3 Å². The second kappa shape index (κ2) is 7.07. The SMILES string of the molecule is CC(C)(CCCCN1CCOC(CO)C1)C(=N)N. The van der Waals surface area contributed by atoms with Crippen molar-refractivity contribution in [1.82, 2.24) is 4.90 Å². The van der Waals surface area contributed by atoms with Crippen molar-refractivity contribution in [3.63, 3.8) is 0 Å². The van der Waals surface area contributed by atoms with E-state index in [4.69, 9.17) is 21.0 Å². The minimum absolute atomic E-state index is 0.0209. The summed E-state index contributed by atoms with van der Waals surface area (Å²) in [4.78, 5) is 2.34. The first-order chi connectivity index (χ1) is 8.45. The van der Waals surface area contributed by atoms with Crippen LogP contribution >= 0.6 is 0 Å². The monoisotopic (exact) mass is 257 g/mol. The number of morpholine rings is 1. The van der Waals surface area contributed by atoms with Crippen LogP contribution in [-0.4, -0.2) is 54.8 Å². The first-order valence-electron chi connectivity index (χ1n) is 6.75. The van der Waals surface area contributed by atoms with Crippen LogP contribution in [0.4, 0.5) is 0 Å². The third-order valence-electron chi connectivity index (χ3n) is 3.68. The second-order valence-electron chi connectivity index (χ2n) is 5.73. The Morgan fingerprint density at radius 3 is 2.83 bits per heavy atom. The van der Waals surface area contributed by atoms with Crippen molar-refractivity contribution in [3.8, 4) is 0 Å². The van der Waals surface area contributed by atoms with Gasteiger partial charge < -0.3 is 15.6 Å². The molecule has 1 unspecified atom stereocenters. The summed E-state index contributed by atoms with van der Waals surface area (Å²) in [5.74, 6) is 0.272. The first-order valence-corrected chi connectivity index (χ1v) is 6.75. The highest BCUT2D eigenvalue weighted by Gasteiger charge is 2.22. The molecular formula is C13H27N3O2. The molecule has 5 nitrogen and oxygen atoms in total. The molecule has 5 heteroatoms. The fourth-order valence-corrected chi connectivity index (χ4v) is 2.13. The summed E-state index contributed by atoms with van der Waals surface area (Å²) >= 11 is 0. The third-order valence-corrected chi connectivity index (χ3v) is 3.68. The maximum absolute atomic E-state index is 9.06. The summed E-state index contributed by atoms with van der Waals surface area (Å²) in [5.41, 5.74) is 5.38. The molecule has 4 N–H and O–H groups in total. The Kier molecular flexibility index (Phi) is 6.05. The molecule has 18 heavy (non-hydrogen) atoms. The summed E-state index contributed by atoms with van der Waals surface area (Å²) in [6.07, 6.45) is 3.12.